The minimum atomic E-state index is -0.232. The van der Waals surface area contributed by atoms with Gasteiger partial charge in [0.25, 0.3) is 5.91 Å². The smallest absolute Gasteiger partial charge is 0.251 e. The molecule has 1 amide bonds. The van der Waals surface area contributed by atoms with Crippen molar-refractivity contribution in [2.24, 2.45) is 7.05 Å². The van der Waals surface area contributed by atoms with E-state index in [2.05, 4.69) is 31.4 Å². The highest BCUT2D eigenvalue weighted by Crippen LogP contribution is 2.24. The van der Waals surface area contributed by atoms with Crippen LogP contribution in [0.3, 0.4) is 0 Å². The highest BCUT2D eigenvalue weighted by atomic mass is 79.9. The number of phenols is 1. The Balaban J connectivity index is 1.91. The second kappa shape index (κ2) is 5.83. The van der Waals surface area contributed by atoms with Crippen molar-refractivity contribution in [1.82, 2.24) is 20.1 Å². The number of aromatic hydroxyl groups is 1. The van der Waals surface area contributed by atoms with Crippen LogP contribution in [0.25, 0.3) is 0 Å². The summed E-state index contributed by atoms with van der Waals surface area (Å²) in [6.45, 7) is 0.461. The zero-order chi connectivity index (χ0) is 13.8. The summed E-state index contributed by atoms with van der Waals surface area (Å²) >= 11 is 3.17. The first kappa shape index (κ1) is 13.5. The van der Waals surface area contributed by atoms with Crippen molar-refractivity contribution in [2.45, 2.75) is 6.42 Å². The number of hydrogen-bond donors (Lipinski definition) is 2. The number of benzene rings is 1. The van der Waals surface area contributed by atoms with Gasteiger partial charge in [0.15, 0.2) is 0 Å². The molecule has 0 fully saturated rings. The average molecular weight is 325 g/mol. The molecule has 0 atom stereocenters. The van der Waals surface area contributed by atoms with E-state index < -0.39 is 0 Å². The molecule has 0 radical (unpaired) electrons. The second-order valence-corrected chi connectivity index (χ2v) is 4.88. The summed E-state index contributed by atoms with van der Waals surface area (Å²) in [4.78, 5) is 11.8. The van der Waals surface area contributed by atoms with Crippen LogP contribution in [-0.4, -0.2) is 32.3 Å². The van der Waals surface area contributed by atoms with Crippen LogP contribution in [-0.2, 0) is 13.5 Å². The Morgan fingerprint density at radius 2 is 2.32 bits per heavy atom. The quantitative estimate of drug-likeness (QED) is 0.887. The highest BCUT2D eigenvalue weighted by molar-refractivity contribution is 9.10. The number of aromatic nitrogens is 3. The molecule has 0 spiro atoms. The van der Waals surface area contributed by atoms with Gasteiger partial charge in [-0.1, -0.05) is 0 Å². The van der Waals surface area contributed by atoms with Gasteiger partial charge < -0.3 is 15.0 Å². The average Bonchev–Trinajstić information content (AvgIpc) is 2.78. The standard InChI is InChI=1S/C12H13BrN4O2/c1-17-7-15-16-11(17)4-5-14-12(19)8-2-3-9(13)10(18)6-8/h2-3,6-7,18H,4-5H2,1H3,(H,14,19). The number of carbonyl (C=O) groups is 1. The van der Waals surface area contributed by atoms with E-state index in [4.69, 9.17) is 0 Å². The molecule has 7 heteroatoms. The van der Waals surface area contributed by atoms with Gasteiger partial charge in [0, 0.05) is 25.6 Å². The summed E-state index contributed by atoms with van der Waals surface area (Å²) in [7, 11) is 1.85. The molecular formula is C12H13BrN4O2. The molecule has 0 bridgehead atoms. The SMILES string of the molecule is Cn1cnnc1CCNC(=O)c1ccc(Br)c(O)c1. The molecule has 0 unspecified atom stereocenters. The summed E-state index contributed by atoms with van der Waals surface area (Å²) in [6, 6.07) is 4.69. The number of carbonyl (C=O) groups excluding carboxylic acids is 1. The van der Waals surface area contributed by atoms with E-state index in [0.29, 0.717) is 23.0 Å². The molecule has 0 saturated heterocycles. The monoisotopic (exact) mass is 324 g/mol. The number of phenolic OH excluding ortho intramolecular Hbond substituents is 1. The zero-order valence-corrected chi connectivity index (χ0v) is 11.9. The Hall–Kier alpha value is -1.89. The van der Waals surface area contributed by atoms with Gasteiger partial charge in [0.05, 0.1) is 4.47 Å². The first-order valence-corrected chi connectivity index (χ1v) is 6.47. The Morgan fingerprint density at radius 3 is 2.95 bits per heavy atom. The Labute approximate surface area is 118 Å². The molecule has 6 nitrogen and oxygen atoms in total. The van der Waals surface area contributed by atoms with Crippen molar-refractivity contribution < 1.29 is 9.90 Å². The number of rotatable bonds is 4. The number of amides is 1. The Morgan fingerprint density at radius 1 is 1.53 bits per heavy atom. The molecule has 2 aromatic rings. The fourth-order valence-electron chi connectivity index (χ4n) is 1.58. The third-order valence-corrected chi connectivity index (χ3v) is 3.32. The highest BCUT2D eigenvalue weighted by Gasteiger charge is 2.08. The van der Waals surface area contributed by atoms with Gasteiger partial charge in [0.2, 0.25) is 0 Å². The third-order valence-electron chi connectivity index (χ3n) is 2.65. The molecule has 1 heterocycles. The maximum atomic E-state index is 11.8. The zero-order valence-electron chi connectivity index (χ0n) is 10.3. The minimum absolute atomic E-state index is 0.0425. The van der Waals surface area contributed by atoms with Crippen molar-refractivity contribution in [3.05, 3.63) is 40.4 Å². The molecular weight excluding hydrogens is 312 g/mol. The van der Waals surface area contributed by atoms with Gasteiger partial charge in [0.1, 0.15) is 17.9 Å². The summed E-state index contributed by atoms with van der Waals surface area (Å²) < 4.78 is 2.36. The third kappa shape index (κ3) is 3.31. The van der Waals surface area contributed by atoms with Crippen LogP contribution in [0, 0.1) is 0 Å². The van der Waals surface area contributed by atoms with E-state index in [1.165, 1.54) is 6.07 Å². The maximum absolute atomic E-state index is 11.8. The number of nitrogens with one attached hydrogen (secondary N) is 1. The van der Waals surface area contributed by atoms with E-state index in [1.807, 2.05) is 7.05 Å². The summed E-state index contributed by atoms with van der Waals surface area (Å²) in [5.41, 5.74) is 0.415. The lowest BCUT2D eigenvalue weighted by Crippen LogP contribution is -2.26. The number of hydrogen-bond acceptors (Lipinski definition) is 4. The second-order valence-electron chi connectivity index (χ2n) is 4.03. The van der Waals surface area contributed by atoms with Crippen LogP contribution >= 0.6 is 15.9 Å². The van der Waals surface area contributed by atoms with E-state index in [9.17, 15) is 9.90 Å². The Kier molecular flexibility index (Phi) is 4.16. The molecule has 2 N–H and O–H groups in total. The van der Waals surface area contributed by atoms with Crippen LogP contribution in [0.4, 0.5) is 0 Å². The van der Waals surface area contributed by atoms with Crippen LogP contribution in [0.5, 0.6) is 5.75 Å². The summed E-state index contributed by atoms with van der Waals surface area (Å²) in [5, 5.41) is 20.0. The molecule has 0 aliphatic heterocycles. The number of nitrogens with zero attached hydrogens (tertiary/aromatic N) is 3. The van der Waals surface area contributed by atoms with Crippen molar-refractivity contribution in [3.8, 4) is 5.75 Å². The van der Waals surface area contributed by atoms with E-state index >= 15 is 0 Å². The molecule has 0 aliphatic carbocycles. The number of halogens is 1. The molecule has 1 aromatic carbocycles. The van der Waals surface area contributed by atoms with Gasteiger partial charge in [-0.15, -0.1) is 10.2 Å². The molecule has 0 saturated carbocycles. The minimum Gasteiger partial charge on any atom is -0.507 e. The van der Waals surface area contributed by atoms with E-state index in [1.54, 1.807) is 23.0 Å². The van der Waals surface area contributed by atoms with Gasteiger partial charge in [-0.25, -0.2) is 0 Å². The van der Waals surface area contributed by atoms with Crippen molar-refractivity contribution in [3.63, 3.8) is 0 Å². The van der Waals surface area contributed by atoms with Gasteiger partial charge in [-0.05, 0) is 34.1 Å². The molecule has 19 heavy (non-hydrogen) atoms. The van der Waals surface area contributed by atoms with E-state index in [0.717, 1.165) is 5.82 Å². The van der Waals surface area contributed by atoms with E-state index in [-0.39, 0.29) is 11.7 Å². The summed E-state index contributed by atoms with van der Waals surface area (Å²) in [6.07, 6.45) is 2.22. The molecule has 1 aromatic heterocycles. The first-order valence-electron chi connectivity index (χ1n) is 5.67. The lowest BCUT2D eigenvalue weighted by atomic mass is 10.2. The predicted octanol–water partition coefficient (Wildman–Crippen LogP) is 1.26. The van der Waals surface area contributed by atoms with Crippen LogP contribution in [0.1, 0.15) is 16.2 Å². The fraction of sp³-hybridized carbons (Fsp3) is 0.250. The summed E-state index contributed by atoms with van der Waals surface area (Å²) in [5.74, 6) is 0.616. The van der Waals surface area contributed by atoms with Gasteiger partial charge in [-0.2, -0.15) is 0 Å². The lowest BCUT2D eigenvalue weighted by Gasteiger charge is -2.06. The van der Waals surface area contributed by atoms with Crippen molar-refractivity contribution in [2.75, 3.05) is 6.54 Å². The lowest BCUT2D eigenvalue weighted by molar-refractivity contribution is 0.0953. The predicted molar refractivity (Wildman–Crippen MR) is 72.8 cm³/mol. The van der Waals surface area contributed by atoms with Crippen LogP contribution in [0.2, 0.25) is 0 Å². The largest absolute Gasteiger partial charge is 0.507 e. The molecule has 100 valence electrons. The number of aryl methyl sites for hydroxylation is 1. The van der Waals surface area contributed by atoms with Crippen LogP contribution < -0.4 is 5.32 Å². The fourth-order valence-corrected chi connectivity index (χ4v) is 1.82. The van der Waals surface area contributed by atoms with Gasteiger partial charge in [-0.3, -0.25) is 4.79 Å². The van der Waals surface area contributed by atoms with Crippen molar-refractivity contribution >= 4 is 21.8 Å². The normalized spacial score (nSPS) is 10.4. The topological polar surface area (TPSA) is 80.0 Å². The van der Waals surface area contributed by atoms with Gasteiger partial charge >= 0.3 is 0 Å². The van der Waals surface area contributed by atoms with Crippen LogP contribution in [0.15, 0.2) is 29.0 Å². The van der Waals surface area contributed by atoms with Crippen molar-refractivity contribution in [1.29, 1.82) is 0 Å². The molecule has 2 rings (SSSR count). The molecule has 0 aliphatic rings. The first-order chi connectivity index (χ1) is 9.08. The maximum Gasteiger partial charge on any atom is 0.251 e. The Bertz CT molecular complexity index is 597.